The normalized spacial score (nSPS) is 18.4. The monoisotopic (exact) mass is 283 g/mol. The molecule has 1 saturated heterocycles. The van der Waals surface area contributed by atoms with Crippen LogP contribution in [0.15, 0.2) is 18.2 Å². The predicted octanol–water partition coefficient (Wildman–Crippen LogP) is 1.82. The Bertz CT molecular complexity index is 517. The van der Waals surface area contributed by atoms with Gasteiger partial charge in [0.15, 0.2) is 0 Å². The van der Waals surface area contributed by atoms with Crippen molar-refractivity contribution in [3.8, 4) is 5.75 Å². The molecule has 1 unspecified atom stereocenters. The molecule has 19 heavy (non-hydrogen) atoms. The van der Waals surface area contributed by atoms with Gasteiger partial charge < -0.3 is 14.7 Å². The number of phenols is 1. The van der Waals surface area contributed by atoms with Crippen LogP contribution in [0, 0.1) is 0 Å². The van der Waals surface area contributed by atoms with Gasteiger partial charge in [-0.05, 0) is 31.0 Å². The molecular weight excluding hydrogens is 270 g/mol. The first-order valence-corrected chi connectivity index (χ1v) is 6.29. The maximum atomic E-state index is 12.4. The minimum atomic E-state index is -0.573. The molecule has 0 aliphatic carbocycles. The van der Waals surface area contributed by atoms with E-state index in [1.165, 1.54) is 30.2 Å². The van der Waals surface area contributed by atoms with Gasteiger partial charge in [-0.1, -0.05) is 11.6 Å². The van der Waals surface area contributed by atoms with Crippen molar-refractivity contribution in [2.75, 3.05) is 13.7 Å². The molecule has 0 saturated carbocycles. The van der Waals surface area contributed by atoms with E-state index in [1.807, 2.05) is 0 Å². The number of phenolic OH excluding ortho intramolecular Hbond substituents is 1. The highest BCUT2D eigenvalue weighted by Crippen LogP contribution is 2.26. The number of benzene rings is 1. The molecule has 0 spiro atoms. The van der Waals surface area contributed by atoms with Crippen molar-refractivity contribution in [1.82, 2.24) is 4.90 Å². The lowest BCUT2D eigenvalue weighted by Gasteiger charge is -2.23. The largest absolute Gasteiger partial charge is 0.508 e. The van der Waals surface area contributed by atoms with E-state index in [0.717, 1.165) is 6.42 Å². The fourth-order valence-electron chi connectivity index (χ4n) is 2.22. The number of ether oxygens (including phenoxy) is 1. The van der Waals surface area contributed by atoms with E-state index in [-0.39, 0.29) is 22.2 Å². The topological polar surface area (TPSA) is 66.8 Å². The van der Waals surface area contributed by atoms with Gasteiger partial charge in [0.2, 0.25) is 0 Å². The Balaban J connectivity index is 2.28. The Morgan fingerprint density at radius 1 is 1.47 bits per heavy atom. The maximum Gasteiger partial charge on any atom is 0.328 e. The number of carbonyl (C=O) groups excluding carboxylic acids is 2. The second-order valence-electron chi connectivity index (χ2n) is 4.34. The number of amides is 1. The molecule has 0 radical (unpaired) electrons. The number of esters is 1. The van der Waals surface area contributed by atoms with Gasteiger partial charge in [-0.3, -0.25) is 4.79 Å². The van der Waals surface area contributed by atoms with Crippen molar-refractivity contribution in [2.24, 2.45) is 0 Å². The van der Waals surface area contributed by atoms with Crippen LogP contribution in [0.1, 0.15) is 23.2 Å². The van der Waals surface area contributed by atoms with Crippen molar-refractivity contribution >= 4 is 23.5 Å². The van der Waals surface area contributed by atoms with Crippen molar-refractivity contribution in [1.29, 1.82) is 0 Å². The fraction of sp³-hybridized carbons (Fsp3) is 0.385. The average molecular weight is 284 g/mol. The summed E-state index contributed by atoms with van der Waals surface area (Å²) in [5.41, 5.74) is 0.192. The minimum Gasteiger partial charge on any atom is -0.508 e. The zero-order chi connectivity index (χ0) is 14.0. The summed E-state index contributed by atoms with van der Waals surface area (Å²) in [6, 6.07) is 3.59. The van der Waals surface area contributed by atoms with Crippen molar-refractivity contribution in [3.63, 3.8) is 0 Å². The third-order valence-electron chi connectivity index (χ3n) is 3.17. The first-order valence-electron chi connectivity index (χ1n) is 5.92. The summed E-state index contributed by atoms with van der Waals surface area (Å²) < 4.78 is 4.69. The number of halogens is 1. The third kappa shape index (κ3) is 2.66. The van der Waals surface area contributed by atoms with Gasteiger partial charge in [0.1, 0.15) is 11.8 Å². The second-order valence-corrected chi connectivity index (χ2v) is 4.75. The van der Waals surface area contributed by atoms with Crippen LogP contribution in [0.2, 0.25) is 5.02 Å². The van der Waals surface area contributed by atoms with Gasteiger partial charge in [-0.15, -0.1) is 0 Å². The molecule has 1 aromatic carbocycles. The number of hydrogen-bond donors (Lipinski definition) is 1. The van der Waals surface area contributed by atoms with E-state index in [1.54, 1.807) is 0 Å². The van der Waals surface area contributed by atoms with Crippen LogP contribution in [0.25, 0.3) is 0 Å². The smallest absolute Gasteiger partial charge is 0.328 e. The summed E-state index contributed by atoms with van der Waals surface area (Å²) in [5.74, 6) is -0.836. The lowest BCUT2D eigenvalue weighted by Crippen LogP contribution is -2.41. The SMILES string of the molecule is COC(=O)C1CCCN1C(=O)c1cc(O)ccc1Cl. The number of likely N-dealkylation sites (tertiary alicyclic amines) is 1. The standard InChI is InChI=1S/C13H14ClNO4/c1-19-13(18)11-3-2-6-15(11)12(17)9-7-8(16)4-5-10(9)14/h4-5,7,11,16H,2-3,6H2,1H3. The maximum absolute atomic E-state index is 12.4. The minimum absolute atomic E-state index is 0.0402. The van der Waals surface area contributed by atoms with Gasteiger partial charge in [0.05, 0.1) is 17.7 Å². The van der Waals surface area contributed by atoms with E-state index in [9.17, 15) is 14.7 Å². The Morgan fingerprint density at radius 2 is 2.21 bits per heavy atom. The van der Waals surface area contributed by atoms with E-state index >= 15 is 0 Å². The number of nitrogens with zero attached hydrogens (tertiary/aromatic N) is 1. The molecule has 6 heteroatoms. The Kier molecular flexibility index (Phi) is 3.95. The molecule has 2 rings (SSSR count). The molecule has 1 heterocycles. The lowest BCUT2D eigenvalue weighted by atomic mass is 10.1. The van der Waals surface area contributed by atoms with Gasteiger partial charge in [-0.2, -0.15) is 0 Å². The first kappa shape index (κ1) is 13.7. The zero-order valence-corrected chi connectivity index (χ0v) is 11.2. The van der Waals surface area contributed by atoms with Gasteiger partial charge in [0, 0.05) is 6.54 Å². The fourth-order valence-corrected chi connectivity index (χ4v) is 2.42. The van der Waals surface area contributed by atoms with Crippen molar-refractivity contribution in [3.05, 3.63) is 28.8 Å². The summed E-state index contributed by atoms with van der Waals surface area (Å²) >= 11 is 5.96. The van der Waals surface area contributed by atoms with Crippen LogP contribution < -0.4 is 0 Å². The summed E-state index contributed by atoms with van der Waals surface area (Å²) in [5, 5.41) is 9.68. The number of rotatable bonds is 2. The molecule has 1 amide bonds. The Hall–Kier alpha value is -1.75. The van der Waals surface area contributed by atoms with Crippen molar-refractivity contribution < 1.29 is 19.4 Å². The van der Waals surface area contributed by atoms with E-state index < -0.39 is 12.0 Å². The summed E-state index contributed by atoms with van der Waals surface area (Å²) in [7, 11) is 1.30. The quantitative estimate of drug-likeness (QED) is 0.841. The summed E-state index contributed by atoms with van der Waals surface area (Å²) in [4.78, 5) is 25.4. The Labute approximate surface area is 115 Å². The van der Waals surface area contributed by atoms with Crippen LogP contribution in [0.3, 0.4) is 0 Å². The molecule has 1 aromatic rings. The summed E-state index contributed by atoms with van der Waals surface area (Å²) in [6.45, 7) is 0.477. The van der Waals surface area contributed by atoms with Crippen LogP contribution in [-0.2, 0) is 9.53 Å². The van der Waals surface area contributed by atoms with Crippen LogP contribution >= 0.6 is 11.6 Å². The van der Waals surface area contributed by atoms with E-state index in [0.29, 0.717) is 13.0 Å². The van der Waals surface area contributed by atoms with Crippen LogP contribution in [-0.4, -0.2) is 41.6 Å². The highest BCUT2D eigenvalue weighted by atomic mass is 35.5. The van der Waals surface area contributed by atoms with E-state index in [2.05, 4.69) is 4.74 Å². The lowest BCUT2D eigenvalue weighted by molar-refractivity contribution is -0.145. The summed E-state index contributed by atoms with van der Waals surface area (Å²) in [6.07, 6.45) is 1.32. The molecule has 1 fully saturated rings. The molecular formula is C13H14ClNO4. The van der Waals surface area contributed by atoms with Gasteiger partial charge >= 0.3 is 5.97 Å². The van der Waals surface area contributed by atoms with E-state index in [4.69, 9.17) is 11.6 Å². The molecule has 1 N–H and O–H groups in total. The first-order chi connectivity index (χ1) is 9.04. The average Bonchev–Trinajstić information content (AvgIpc) is 2.89. The molecule has 102 valence electrons. The highest BCUT2D eigenvalue weighted by molar-refractivity contribution is 6.34. The molecule has 1 aliphatic heterocycles. The predicted molar refractivity (Wildman–Crippen MR) is 69.2 cm³/mol. The van der Waals surface area contributed by atoms with Gasteiger partial charge in [0.25, 0.3) is 5.91 Å². The number of methoxy groups -OCH3 is 1. The number of carbonyl (C=O) groups is 2. The number of hydrogen-bond acceptors (Lipinski definition) is 4. The van der Waals surface area contributed by atoms with Gasteiger partial charge in [-0.25, -0.2) is 4.79 Å². The van der Waals surface area contributed by atoms with Crippen molar-refractivity contribution in [2.45, 2.75) is 18.9 Å². The zero-order valence-electron chi connectivity index (χ0n) is 10.4. The van der Waals surface area contributed by atoms with Crippen LogP contribution in [0.5, 0.6) is 5.75 Å². The number of aromatic hydroxyl groups is 1. The third-order valence-corrected chi connectivity index (χ3v) is 3.50. The molecule has 1 atom stereocenters. The molecule has 1 aliphatic rings. The second kappa shape index (κ2) is 5.48. The Morgan fingerprint density at radius 3 is 2.89 bits per heavy atom. The van der Waals surface area contributed by atoms with Crippen LogP contribution in [0.4, 0.5) is 0 Å². The molecule has 0 aromatic heterocycles. The molecule has 5 nitrogen and oxygen atoms in total. The highest BCUT2D eigenvalue weighted by Gasteiger charge is 2.35. The molecule has 0 bridgehead atoms.